The van der Waals surface area contributed by atoms with E-state index in [0.29, 0.717) is 68.7 Å². The first-order valence-corrected chi connectivity index (χ1v) is 13.4. The molecule has 0 unspecified atom stereocenters. The van der Waals surface area contributed by atoms with Gasteiger partial charge < -0.3 is 26.4 Å². The van der Waals surface area contributed by atoms with Crippen LogP contribution in [0.15, 0.2) is 27.9 Å². The number of ether oxygens (including phenoxy) is 1. The molecular formula is C27H37N7O3. The number of hydrogen-bond acceptors (Lipinski definition) is 10. The van der Waals surface area contributed by atoms with Gasteiger partial charge in [0.15, 0.2) is 17.4 Å². The Bertz CT molecular complexity index is 1170. The molecule has 1 aromatic heterocycles. The number of allylic oxidation sites excluding steroid dienone is 1. The molecule has 2 saturated carbocycles. The summed E-state index contributed by atoms with van der Waals surface area (Å²) in [6.45, 7) is 2.80. The van der Waals surface area contributed by atoms with Crippen LogP contribution in [-0.4, -0.2) is 72.0 Å². The van der Waals surface area contributed by atoms with Crippen molar-refractivity contribution < 1.29 is 14.3 Å². The molecule has 1 spiro atoms. The molecule has 2 aliphatic heterocycles. The highest BCUT2D eigenvalue weighted by Gasteiger charge is 2.49. The Kier molecular flexibility index (Phi) is 7.39. The van der Waals surface area contributed by atoms with Crippen molar-refractivity contribution in [1.29, 1.82) is 0 Å². The van der Waals surface area contributed by atoms with Crippen LogP contribution in [0, 0.1) is 5.41 Å². The quantitative estimate of drug-likeness (QED) is 0.299. The van der Waals surface area contributed by atoms with Gasteiger partial charge in [-0.15, -0.1) is 0 Å². The largest absolute Gasteiger partial charge is 0.476 e. The van der Waals surface area contributed by atoms with Gasteiger partial charge in [-0.05, 0) is 58.5 Å². The molecule has 5 N–H and O–H groups in total. The Morgan fingerprint density at radius 3 is 2.78 bits per heavy atom. The fourth-order valence-electron chi connectivity index (χ4n) is 5.95. The van der Waals surface area contributed by atoms with E-state index in [2.05, 4.69) is 32.2 Å². The summed E-state index contributed by atoms with van der Waals surface area (Å²) >= 11 is 0. The number of carbonyl (C=O) groups is 2. The maximum atomic E-state index is 13.7. The zero-order chi connectivity index (χ0) is 26.0. The third kappa shape index (κ3) is 5.17. The smallest absolute Gasteiger partial charge is 0.219 e. The minimum Gasteiger partial charge on any atom is -0.476 e. The zero-order valence-electron chi connectivity index (χ0n) is 21.6. The summed E-state index contributed by atoms with van der Waals surface area (Å²) in [6.07, 6.45) is 8.53. The van der Waals surface area contributed by atoms with Gasteiger partial charge in [0, 0.05) is 54.7 Å². The maximum absolute atomic E-state index is 13.7. The van der Waals surface area contributed by atoms with Crippen LogP contribution in [0.1, 0.15) is 63.6 Å². The lowest BCUT2D eigenvalue weighted by molar-refractivity contribution is -0.143. The number of aromatic nitrogens is 2. The van der Waals surface area contributed by atoms with Crippen LogP contribution in [-0.2, 0) is 9.59 Å². The van der Waals surface area contributed by atoms with E-state index in [4.69, 9.17) is 16.2 Å². The first-order chi connectivity index (χ1) is 17.9. The highest BCUT2D eigenvalue weighted by Crippen LogP contribution is 2.45. The molecule has 0 amide bonds. The van der Waals surface area contributed by atoms with Crippen LogP contribution in [0.2, 0.25) is 0 Å². The molecule has 4 aliphatic rings. The summed E-state index contributed by atoms with van der Waals surface area (Å²) in [5.41, 5.74) is 14.0. The molecule has 0 bridgehead atoms. The number of nitrogens with two attached hydrogens (primary N) is 2. The molecule has 3 heterocycles. The number of likely N-dealkylation sites (tertiary alicyclic amines) is 1. The van der Waals surface area contributed by atoms with E-state index >= 15 is 0 Å². The van der Waals surface area contributed by atoms with Gasteiger partial charge in [-0.25, -0.2) is 9.98 Å². The standard InChI is InChI=1S/C27H37N7O3/c1-34-11-5-6-18(34)16-37-23-12-22(31-14-17-13-30-15-20(17)28)32-26(33-23)24(29)19-7-4-10-27(25(19)36)9-3-2-8-21(27)35/h12,14,18,30H,2-11,13,15-16,28-29H2,1H3/b24-19-,31-14+/t18-,27+/m0/s1. The number of hydrogen-bond donors (Lipinski definition) is 3. The van der Waals surface area contributed by atoms with E-state index in [1.165, 1.54) is 0 Å². The van der Waals surface area contributed by atoms with Gasteiger partial charge in [-0.1, -0.05) is 6.42 Å². The van der Waals surface area contributed by atoms with Crippen molar-refractivity contribution in [2.75, 3.05) is 33.3 Å². The van der Waals surface area contributed by atoms with Crippen molar-refractivity contribution in [3.05, 3.63) is 28.7 Å². The van der Waals surface area contributed by atoms with Crippen LogP contribution in [0.5, 0.6) is 5.88 Å². The molecule has 10 heteroatoms. The van der Waals surface area contributed by atoms with Gasteiger partial charge >= 0.3 is 0 Å². The summed E-state index contributed by atoms with van der Waals surface area (Å²) < 4.78 is 6.09. The van der Waals surface area contributed by atoms with Crippen LogP contribution in [0.3, 0.4) is 0 Å². The predicted molar refractivity (Wildman–Crippen MR) is 141 cm³/mol. The van der Waals surface area contributed by atoms with Crippen LogP contribution >= 0.6 is 0 Å². The molecule has 1 aromatic rings. The summed E-state index contributed by atoms with van der Waals surface area (Å²) in [5.74, 6) is 0.846. The van der Waals surface area contributed by atoms with Crippen molar-refractivity contribution in [1.82, 2.24) is 20.2 Å². The van der Waals surface area contributed by atoms with Crippen molar-refractivity contribution in [3.63, 3.8) is 0 Å². The van der Waals surface area contributed by atoms with E-state index in [1.807, 2.05) is 0 Å². The van der Waals surface area contributed by atoms with E-state index in [0.717, 1.165) is 49.9 Å². The summed E-state index contributed by atoms with van der Waals surface area (Å²) in [6, 6.07) is 1.99. The second-order valence-corrected chi connectivity index (χ2v) is 10.7. The third-order valence-corrected chi connectivity index (χ3v) is 8.28. The Hall–Kier alpha value is -3.11. The molecular weight excluding hydrogens is 470 g/mol. The average molecular weight is 508 g/mol. The second-order valence-electron chi connectivity index (χ2n) is 10.7. The molecule has 5 rings (SSSR count). The van der Waals surface area contributed by atoms with Gasteiger partial charge in [0.05, 0.1) is 11.1 Å². The molecule has 2 aliphatic carbocycles. The third-order valence-electron chi connectivity index (χ3n) is 8.28. The lowest BCUT2D eigenvalue weighted by Crippen LogP contribution is -2.45. The monoisotopic (exact) mass is 507 g/mol. The van der Waals surface area contributed by atoms with Gasteiger partial charge in [-0.3, -0.25) is 9.59 Å². The van der Waals surface area contributed by atoms with E-state index in [9.17, 15) is 9.59 Å². The Balaban J connectivity index is 1.48. The lowest BCUT2D eigenvalue weighted by atomic mass is 9.62. The Morgan fingerprint density at radius 1 is 1.22 bits per heavy atom. The van der Waals surface area contributed by atoms with Gasteiger partial charge in [0.25, 0.3) is 0 Å². The number of nitrogens with one attached hydrogen (secondary N) is 1. The van der Waals surface area contributed by atoms with E-state index < -0.39 is 5.41 Å². The van der Waals surface area contributed by atoms with Crippen LogP contribution < -0.4 is 21.5 Å². The number of Topliss-reactive ketones (excluding diaryl/α,β-unsaturated/α-hetero) is 2. The van der Waals surface area contributed by atoms with Crippen LogP contribution in [0.4, 0.5) is 5.82 Å². The predicted octanol–water partition coefficient (Wildman–Crippen LogP) is 2.02. The van der Waals surface area contributed by atoms with E-state index in [1.54, 1.807) is 12.3 Å². The number of rotatable bonds is 6. The van der Waals surface area contributed by atoms with Crippen molar-refractivity contribution in [2.24, 2.45) is 21.9 Å². The molecule has 0 radical (unpaired) electrons. The average Bonchev–Trinajstić information content (AvgIpc) is 3.51. The molecule has 0 aromatic carbocycles. The van der Waals surface area contributed by atoms with Gasteiger partial charge in [0.1, 0.15) is 12.4 Å². The SMILES string of the molecule is CN1CCC[C@H]1COc1cc(/N=C/C2=C(N)CNC2)nc(/C(N)=C2\CCC[C@@]3(CCCCC3=O)C2=O)n1. The summed E-state index contributed by atoms with van der Waals surface area (Å²) in [7, 11) is 2.09. The van der Waals surface area contributed by atoms with Crippen molar-refractivity contribution >= 4 is 29.3 Å². The van der Waals surface area contributed by atoms with Crippen LogP contribution in [0.25, 0.3) is 5.70 Å². The van der Waals surface area contributed by atoms with Gasteiger partial charge in [0.2, 0.25) is 5.88 Å². The summed E-state index contributed by atoms with van der Waals surface area (Å²) in [4.78, 5) is 42.5. The second kappa shape index (κ2) is 10.7. The van der Waals surface area contributed by atoms with E-state index in [-0.39, 0.29) is 23.1 Å². The Morgan fingerprint density at radius 2 is 2.05 bits per heavy atom. The number of ketones is 2. The molecule has 1 saturated heterocycles. The zero-order valence-corrected chi connectivity index (χ0v) is 21.6. The summed E-state index contributed by atoms with van der Waals surface area (Å²) in [5, 5.41) is 3.19. The van der Waals surface area contributed by atoms with Crippen molar-refractivity contribution in [2.45, 2.75) is 63.8 Å². The molecule has 37 heavy (non-hydrogen) atoms. The minimum atomic E-state index is -0.932. The molecule has 3 fully saturated rings. The number of carbonyl (C=O) groups excluding carboxylic acids is 2. The maximum Gasteiger partial charge on any atom is 0.219 e. The first kappa shape index (κ1) is 25.5. The lowest BCUT2D eigenvalue weighted by Gasteiger charge is -2.38. The fraction of sp³-hybridized carbons (Fsp3) is 0.593. The molecule has 198 valence electrons. The normalized spacial score (nSPS) is 28.6. The molecule has 2 atom stereocenters. The Labute approximate surface area is 217 Å². The molecule has 10 nitrogen and oxygen atoms in total. The number of nitrogens with zero attached hydrogens (tertiary/aromatic N) is 4. The highest BCUT2D eigenvalue weighted by atomic mass is 16.5. The number of aliphatic imine (C=N–C) groups is 1. The fourth-order valence-corrected chi connectivity index (χ4v) is 5.95. The number of likely N-dealkylation sites (N-methyl/N-ethyl adjacent to an activating group) is 1. The minimum absolute atomic E-state index is 0.0498. The van der Waals surface area contributed by atoms with Crippen molar-refractivity contribution in [3.8, 4) is 5.88 Å². The first-order valence-electron chi connectivity index (χ1n) is 13.4. The highest BCUT2D eigenvalue weighted by molar-refractivity contribution is 6.17. The topological polar surface area (TPSA) is 149 Å². The van der Waals surface area contributed by atoms with Gasteiger partial charge in [-0.2, -0.15) is 4.98 Å².